The second-order valence-corrected chi connectivity index (χ2v) is 6.80. The molecule has 2 aliphatic rings. The van der Waals surface area contributed by atoms with E-state index in [0.717, 1.165) is 38.0 Å². The van der Waals surface area contributed by atoms with Crippen LogP contribution in [-0.2, 0) is 24.6 Å². The van der Waals surface area contributed by atoms with Crippen LogP contribution in [0.3, 0.4) is 0 Å². The molecule has 0 saturated carbocycles. The molecule has 0 amide bonds. The van der Waals surface area contributed by atoms with Crippen molar-refractivity contribution in [2.24, 2.45) is 13.0 Å². The first-order valence-electron chi connectivity index (χ1n) is 8.54. The number of aromatic nitrogens is 3. The van der Waals surface area contributed by atoms with E-state index in [1.165, 1.54) is 19.3 Å². The molecule has 2 atom stereocenters. The maximum Gasteiger partial charge on any atom is 0.163 e. The van der Waals surface area contributed by atoms with Gasteiger partial charge in [0.2, 0.25) is 0 Å². The predicted octanol–water partition coefficient (Wildman–Crippen LogP) is 1.99. The lowest BCUT2D eigenvalue weighted by atomic mass is 9.83. The smallest absolute Gasteiger partial charge is 0.163 e. The highest BCUT2D eigenvalue weighted by atomic mass is 16.5. The molecule has 4 rings (SSSR count). The number of hydrogen-bond donors (Lipinski definition) is 0. The van der Waals surface area contributed by atoms with E-state index in [0.29, 0.717) is 0 Å². The lowest BCUT2D eigenvalue weighted by Gasteiger charge is -2.36. The third kappa shape index (κ3) is 3.16. The van der Waals surface area contributed by atoms with Crippen molar-refractivity contribution in [3.05, 3.63) is 47.5 Å². The zero-order valence-electron chi connectivity index (χ0n) is 13.7. The highest BCUT2D eigenvalue weighted by Gasteiger charge is 2.28. The van der Waals surface area contributed by atoms with E-state index in [9.17, 15) is 0 Å². The summed E-state index contributed by atoms with van der Waals surface area (Å²) >= 11 is 0. The standard InChI is InChI=1S/C18H24N4O/c1-21-13-19-20-18(21)17-12-22(8-9-23-17)11-14-6-7-15-4-2-3-5-16(15)10-14/h2-5,13-14,17H,6-12H2,1H3/t14-,17-/m1/s1. The van der Waals surface area contributed by atoms with E-state index in [-0.39, 0.29) is 6.10 Å². The van der Waals surface area contributed by atoms with Gasteiger partial charge in [0.1, 0.15) is 12.4 Å². The van der Waals surface area contributed by atoms with Gasteiger partial charge in [0.25, 0.3) is 0 Å². The van der Waals surface area contributed by atoms with E-state index >= 15 is 0 Å². The van der Waals surface area contributed by atoms with Crippen LogP contribution in [0.4, 0.5) is 0 Å². The van der Waals surface area contributed by atoms with Gasteiger partial charge in [-0.25, -0.2) is 0 Å². The molecule has 1 aliphatic heterocycles. The summed E-state index contributed by atoms with van der Waals surface area (Å²) in [7, 11) is 1.98. The van der Waals surface area contributed by atoms with Gasteiger partial charge in [0.15, 0.2) is 5.82 Å². The molecule has 1 aromatic heterocycles. The topological polar surface area (TPSA) is 43.2 Å². The SMILES string of the molecule is Cn1cnnc1[C@H]1CN(C[C@@H]2CCc3ccccc3C2)CCO1. The first-order chi connectivity index (χ1) is 11.3. The summed E-state index contributed by atoms with van der Waals surface area (Å²) in [6, 6.07) is 8.90. The quantitative estimate of drug-likeness (QED) is 0.869. The second-order valence-electron chi connectivity index (χ2n) is 6.80. The molecule has 0 radical (unpaired) electrons. The summed E-state index contributed by atoms with van der Waals surface area (Å²) in [4.78, 5) is 2.54. The van der Waals surface area contributed by atoms with Crippen molar-refractivity contribution >= 4 is 0 Å². The van der Waals surface area contributed by atoms with Crippen molar-refractivity contribution in [1.29, 1.82) is 0 Å². The molecule has 0 spiro atoms. The Hall–Kier alpha value is -1.72. The van der Waals surface area contributed by atoms with Gasteiger partial charge in [0, 0.05) is 26.7 Å². The Kier molecular flexibility index (Phi) is 4.14. The number of ether oxygens (including phenoxy) is 1. The number of nitrogens with zero attached hydrogens (tertiary/aromatic N) is 4. The Morgan fingerprint density at radius 2 is 2.13 bits per heavy atom. The van der Waals surface area contributed by atoms with Gasteiger partial charge in [-0.15, -0.1) is 10.2 Å². The number of benzene rings is 1. The van der Waals surface area contributed by atoms with Gasteiger partial charge in [-0.2, -0.15) is 0 Å². The molecular formula is C18H24N4O. The average molecular weight is 312 g/mol. The number of aryl methyl sites for hydroxylation is 2. The monoisotopic (exact) mass is 312 g/mol. The second kappa shape index (κ2) is 6.42. The molecule has 0 N–H and O–H groups in total. The normalized spacial score (nSPS) is 25.3. The molecule has 5 heteroatoms. The van der Waals surface area contributed by atoms with Crippen LogP contribution >= 0.6 is 0 Å². The van der Waals surface area contributed by atoms with Crippen molar-refractivity contribution in [1.82, 2.24) is 19.7 Å². The molecule has 1 saturated heterocycles. The molecule has 2 heterocycles. The van der Waals surface area contributed by atoms with E-state index in [1.807, 2.05) is 11.6 Å². The maximum atomic E-state index is 5.91. The van der Waals surface area contributed by atoms with Crippen molar-refractivity contribution in [3.63, 3.8) is 0 Å². The van der Waals surface area contributed by atoms with Gasteiger partial charge in [-0.1, -0.05) is 24.3 Å². The van der Waals surface area contributed by atoms with Crippen LogP contribution in [0.5, 0.6) is 0 Å². The lowest BCUT2D eigenvalue weighted by Crippen LogP contribution is -2.42. The van der Waals surface area contributed by atoms with Crippen LogP contribution in [0.15, 0.2) is 30.6 Å². The number of fused-ring (bicyclic) bond motifs is 1. The predicted molar refractivity (Wildman–Crippen MR) is 88.1 cm³/mol. The summed E-state index contributed by atoms with van der Waals surface area (Å²) in [5, 5.41) is 8.19. The van der Waals surface area contributed by atoms with Crippen LogP contribution in [0.1, 0.15) is 29.5 Å². The molecule has 2 aromatic rings. The Morgan fingerprint density at radius 3 is 2.96 bits per heavy atom. The van der Waals surface area contributed by atoms with Crippen molar-refractivity contribution in [2.45, 2.75) is 25.4 Å². The lowest BCUT2D eigenvalue weighted by molar-refractivity contribution is -0.0405. The minimum atomic E-state index is 0.0483. The van der Waals surface area contributed by atoms with E-state index in [1.54, 1.807) is 17.5 Å². The van der Waals surface area contributed by atoms with Gasteiger partial charge < -0.3 is 9.30 Å². The molecule has 122 valence electrons. The zero-order valence-corrected chi connectivity index (χ0v) is 13.7. The van der Waals surface area contributed by atoms with Crippen LogP contribution in [0.2, 0.25) is 0 Å². The van der Waals surface area contributed by atoms with E-state index in [4.69, 9.17) is 4.74 Å². The fourth-order valence-electron chi connectivity index (χ4n) is 3.90. The Labute approximate surface area is 137 Å². The Bertz CT molecular complexity index is 669. The summed E-state index contributed by atoms with van der Waals surface area (Å²) < 4.78 is 7.88. The molecule has 1 fully saturated rings. The van der Waals surface area contributed by atoms with Gasteiger partial charge in [0.05, 0.1) is 6.61 Å². The molecule has 0 unspecified atom stereocenters. The van der Waals surface area contributed by atoms with Gasteiger partial charge in [-0.3, -0.25) is 4.90 Å². The highest BCUT2D eigenvalue weighted by molar-refractivity contribution is 5.29. The zero-order chi connectivity index (χ0) is 15.6. The largest absolute Gasteiger partial charge is 0.368 e. The molecule has 23 heavy (non-hydrogen) atoms. The first kappa shape index (κ1) is 14.8. The molecule has 0 bridgehead atoms. The van der Waals surface area contributed by atoms with Crippen molar-refractivity contribution < 1.29 is 4.74 Å². The third-order valence-electron chi connectivity index (χ3n) is 5.15. The summed E-state index contributed by atoms with van der Waals surface area (Å²) in [5.74, 6) is 1.69. The molecule has 1 aromatic carbocycles. The fraction of sp³-hybridized carbons (Fsp3) is 0.556. The number of hydrogen-bond acceptors (Lipinski definition) is 4. The maximum absolute atomic E-state index is 5.91. The van der Waals surface area contributed by atoms with Gasteiger partial charge >= 0.3 is 0 Å². The minimum absolute atomic E-state index is 0.0483. The summed E-state index contributed by atoms with van der Waals surface area (Å²) in [6.07, 6.45) is 5.52. The van der Waals surface area contributed by atoms with Crippen LogP contribution in [-0.4, -0.2) is 45.9 Å². The number of morpholine rings is 1. The van der Waals surface area contributed by atoms with E-state index < -0.39 is 0 Å². The first-order valence-corrected chi connectivity index (χ1v) is 8.54. The average Bonchev–Trinajstić information content (AvgIpc) is 3.01. The Balaban J connectivity index is 1.39. The van der Waals surface area contributed by atoms with Crippen molar-refractivity contribution in [3.8, 4) is 0 Å². The molecule has 5 nitrogen and oxygen atoms in total. The van der Waals surface area contributed by atoms with E-state index in [2.05, 4.69) is 39.4 Å². The summed E-state index contributed by atoms with van der Waals surface area (Å²) in [6.45, 7) is 3.88. The third-order valence-corrected chi connectivity index (χ3v) is 5.15. The Morgan fingerprint density at radius 1 is 1.26 bits per heavy atom. The van der Waals surface area contributed by atoms with Crippen molar-refractivity contribution in [2.75, 3.05) is 26.2 Å². The van der Waals surface area contributed by atoms with Gasteiger partial charge in [-0.05, 0) is 36.3 Å². The molecular weight excluding hydrogens is 288 g/mol. The van der Waals surface area contributed by atoms with Crippen LogP contribution in [0, 0.1) is 5.92 Å². The van der Waals surface area contributed by atoms with Crippen LogP contribution in [0.25, 0.3) is 0 Å². The fourth-order valence-corrected chi connectivity index (χ4v) is 3.90. The minimum Gasteiger partial charge on any atom is -0.368 e. The number of rotatable bonds is 3. The highest BCUT2D eigenvalue weighted by Crippen LogP contribution is 2.27. The van der Waals surface area contributed by atoms with Crippen LogP contribution < -0.4 is 0 Å². The summed E-state index contributed by atoms with van der Waals surface area (Å²) in [5.41, 5.74) is 3.09. The molecule has 1 aliphatic carbocycles.